The van der Waals surface area contributed by atoms with Gasteiger partial charge in [0.15, 0.2) is 0 Å². The van der Waals surface area contributed by atoms with Gasteiger partial charge in [0.05, 0.1) is 0 Å². The highest BCUT2D eigenvalue weighted by Gasteiger charge is 2.27. The van der Waals surface area contributed by atoms with Crippen LogP contribution in [-0.2, 0) is 25.7 Å². The molecule has 30 heavy (non-hydrogen) atoms. The number of aryl methyl sites for hydroxylation is 2. The number of rotatable bonds is 6. The van der Waals surface area contributed by atoms with E-state index in [1.54, 1.807) is 22.3 Å². The molecule has 2 heterocycles. The normalized spacial score (nSPS) is 20.1. The Morgan fingerprint density at radius 3 is 2.70 bits per heavy atom. The number of H-pyrrole nitrogens is 1. The Bertz CT molecular complexity index is 1010. The molecule has 1 saturated carbocycles. The molecule has 2 heteroatoms. The molecule has 2 nitrogen and oxygen atoms in total. The van der Waals surface area contributed by atoms with E-state index in [9.17, 15) is 0 Å². The van der Waals surface area contributed by atoms with Gasteiger partial charge < -0.3 is 4.98 Å². The van der Waals surface area contributed by atoms with E-state index in [2.05, 4.69) is 66.5 Å². The molecule has 3 aromatic rings. The molecule has 1 atom stereocenters. The van der Waals surface area contributed by atoms with E-state index in [0.29, 0.717) is 6.04 Å². The highest BCUT2D eigenvalue weighted by Crippen LogP contribution is 2.37. The van der Waals surface area contributed by atoms with Gasteiger partial charge in [-0.15, -0.1) is 0 Å². The van der Waals surface area contributed by atoms with E-state index in [0.717, 1.165) is 12.3 Å². The minimum Gasteiger partial charge on any atom is -0.361 e. The Balaban J connectivity index is 1.42. The van der Waals surface area contributed by atoms with Crippen molar-refractivity contribution in [3.05, 3.63) is 70.4 Å². The van der Waals surface area contributed by atoms with Crippen LogP contribution in [0, 0.1) is 5.92 Å². The van der Waals surface area contributed by atoms with E-state index < -0.39 is 0 Å². The molecule has 1 N–H and O–H groups in total. The summed E-state index contributed by atoms with van der Waals surface area (Å²) in [5, 5.41) is 1.39. The van der Waals surface area contributed by atoms with Crippen molar-refractivity contribution in [1.82, 2.24) is 9.88 Å². The predicted molar refractivity (Wildman–Crippen MR) is 127 cm³/mol. The number of nitrogens with one attached hydrogen (secondary N) is 1. The molecule has 1 aliphatic carbocycles. The van der Waals surface area contributed by atoms with Crippen LogP contribution in [0.3, 0.4) is 0 Å². The van der Waals surface area contributed by atoms with Crippen LogP contribution in [0.4, 0.5) is 0 Å². The molecular weight excluding hydrogens is 364 g/mol. The summed E-state index contributed by atoms with van der Waals surface area (Å²) in [6.45, 7) is 3.51. The minimum absolute atomic E-state index is 0.538. The number of hydrogen-bond acceptors (Lipinski definition) is 1. The Hall–Kier alpha value is -2.06. The number of nitrogens with zero attached hydrogens (tertiary/aromatic N) is 1. The molecule has 0 spiro atoms. The number of aromatic nitrogens is 1. The van der Waals surface area contributed by atoms with Gasteiger partial charge in [0, 0.05) is 29.7 Å². The zero-order valence-electron chi connectivity index (χ0n) is 18.7. The Morgan fingerprint density at radius 1 is 1.03 bits per heavy atom. The number of fused-ring (bicyclic) bond motifs is 2. The Morgan fingerprint density at radius 2 is 1.87 bits per heavy atom. The fourth-order valence-electron chi connectivity index (χ4n) is 6.03. The first-order chi connectivity index (χ1) is 14.7. The standard InChI is InChI=1S/C28H36N2/c1-3-21-17-22-14-15-30(2)28(26(22)18-24(21)16-20-8-4-5-9-20)13-12-23-19-29-27-11-7-6-10-25(23)27/h6-7,10-11,17-20,28-29H,3-5,8-9,12-16H2,1-2H3. The first-order valence-corrected chi connectivity index (χ1v) is 12.1. The summed E-state index contributed by atoms with van der Waals surface area (Å²) in [7, 11) is 2.33. The van der Waals surface area contributed by atoms with Crippen molar-refractivity contribution in [1.29, 1.82) is 0 Å². The van der Waals surface area contributed by atoms with Crippen LogP contribution in [0.5, 0.6) is 0 Å². The lowest BCUT2D eigenvalue weighted by Gasteiger charge is -2.36. The van der Waals surface area contributed by atoms with Crippen molar-refractivity contribution in [3.8, 4) is 0 Å². The second-order valence-corrected chi connectivity index (χ2v) is 9.67. The summed E-state index contributed by atoms with van der Waals surface area (Å²) < 4.78 is 0. The third-order valence-electron chi connectivity index (χ3n) is 7.81. The first-order valence-electron chi connectivity index (χ1n) is 12.1. The molecule has 0 saturated heterocycles. The summed E-state index contributed by atoms with van der Waals surface area (Å²) >= 11 is 0. The van der Waals surface area contributed by atoms with Crippen LogP contribution >= 0.6 is 0 Å². The molecule has 0 radical (unpaired) electrons. The third kappa shape index (κ3) is 3.83. The molecule has 2 aromatic carbocycles. The van der Waals surface area contributed by atoms with E-state index in [-0.39, 0.29) is 0 Å². The van der Waals surface area contributed by atoms with Crippen LogP contribution in [0.25, 0.3) is 10.9 Å². The summed E-state index contributed by atoms with van der Waals surface area (Å²) in [5.74, 6) is 0.916. The van der Waals surface area contributed by atoms with Crippen LogP contribution < -0.4 is 0 Å². The van der Waals surface area contributed by atoms with Crippen molar-refractivity contribution >= 4 is 10.9 Å². The molecule has 1 aromatic heterocycles. The van der Waals surface area contributed by atoms with Crippen LogP contribution in [0.2, 0.25) is 0 Å². The second kappa shape index (κ2) is 8.59. The quantitative estimate of drug-likeness (QED) is 0.492. The predicted octanol–water partition coefficient (Wildman–Crippen LogP) is 6.62. The molecule has 0 bridgehead atoms. The zero-order valence-corrected chi connectivity index (χ0v) is 18.7. The topological polar surface area (TPSA) is 19.0 Å². The van der Waals surface area contributed by atoms with Crippen molar-refractivity contribution < 1.29 is 0 Å². The maximum atomic E-state index is 3.46. The summed E-state index contributed by atoms with van der Waals surface area (Å²) in [4.78, 5) is 6.06. The number of aromatic amines is 1. The highest BCUT2D eigenvalue weighted by atomic mass is 15.1. The molecule has 1 fully saturated rings. The molecular formula is C28H36N2. The van der Waals surface area contributed by atoms with Crippen LogP contribution in [-0.4, -0.2) is 23.5 Å². The van der Waals surface area contributed by atoms with Gasteiger partial charge >= 0.3 is 0 Å². The van der Waals surface area contributed by atoms with E-state index in [1.165, 1.54) is 74.4 Å². The van der Waals surface area contributed by atoms with Crippen LogP contribution in [0.15, 0.2) is 42.6 Å². The lowest BCUT2D eigenvalue weighted by molar-refractivity contribution is 0.219. The van der Waals surface area contributed by atoms with E-state index >= 15 is 0 Å². The van der Waals surface area contributed by atoms with E-state index in [4.69, 9.17) is 0 Å². The number of hydrogen-bond donors (Lipinski definition) is 1. The largest absolute Gasteiger partial charge is 0.361 e. The summed E-state index contributed by atoms with van der Waals surface area (Å²) in [5.41, 5.74) is 9.22. The number of likely N-dealkylation sites (N-methyl/N-ethyl adjacent to an activating group) is 1. The van der Waals surface area contributed by atoms with Gasteiger partial charge in [0.1, 0.15) is 0 Å². The highest BCUT2D eigenvalue weighted by molar-refractivity contribution is 5.83. The van der Waals surface area contributed by atoms with Gasteiger partial charge in [-0.25, -0.2) is 0 Å². The number of benzene rings is 2. The monoisotopic (exact) mass is 400 g/mol. The maximum Gasteiger partial charge on any atom is 0.0456 e. The smallest absolute Gasteiger partial charge is 0.0456 e. The first kappa shape index (κ1) is 19.9. The van der Waals surface area contributed by atoms with Crippen molar-refractivity contribution in [2.75, 3.05) is 13.6 Å². The zero-order chi connectivity index (χ0) is 20.5. The van der Waals surface area contributed by atoms with Gasteiger partial charge in [-0.1, -0.05) is 62.9 Å². The minimum atomic E-state index is 0.538. The van der Waals surface area contributed by atoms with Gasteiger partial charge in [-0.2, -0.15) is 0 Å². The van der Waals surface area contributed by atoms with E-state index in [1.807, 2.05) is 0 Å². The molecule has 158 valence electrons. The van der Waals surface area contributed by atoms with Gasteiger partial charge in [-0.05, 0) is 79.0 Å². The third-order valence-corrected chi connectivity index (χ3v) is 7.81. The molecule has 5 rings (SSSR count). The van der Waals surface area contributed by atoms with Crippen molar-refractivity contribution in [2.24, 2.45) is 5.92 Å². The SMILES string of the molecule is CCc1cc2c(cc1CC1CCCC1)C(CCc1c[nH]c3ccccc13)N(C)CC2. The summed E-state index contributed by atoms with van der Waals surface area (Å²) in [6.07, 6.45) is 14.0. The average molecular weight is 401 g/mol. The Kier molecular flexibility index (Phi) is 5.69. The van der Waals surface area contributed by atoms with Gasteiger partial charge in [0.2, 0.25) is 0 Å². The lowest BCUT2D eigenvalue weighted by Crippen LogP contribution is -2.33. The molecule has 1 aliphatic heterocycles. The average Bonchev–Trinajstić information content (AvgIpc) is 3.43. The van der Waals surface area contributed by atoms with Crippen LogP contribution in [0.1, 0.15) is 72.9 Å². The molecule has 0 amide bonds. The second-order valence-electron chi connectivity index (χ2n) is 9.67. The molecule has 2 aliphatic rings. The lowest BCUT2D eigenvalue weighted by atomic mass is 9.83. The fourth-order valence-corrected chi connectivity index (χ4v) is 6.03. The maximum absolute atomic E-state index is 3.46. The van der Waals surface area contributed by atoms with Gasteiger partial charge in [-0.3, -0.25) is 4.90 Å². The van der Waals surface area contributed by atoms with Gasteiger partial charge in [0.25, 0.3) is 0 Å². The van der Waals surface area contributed by atoms with Crippen molar-refractivity contribution in [3.63, 3.8) is 0 Å². The molecule has 1 unspecified atom stereocenters. The Labute approximate surface area is 181 Å². The fraction of sp³-hybridized carbons (Fsp3) is 0.500. The van der Waals surface area contributed by atoms with Crippen molar-refractivity contribution in [2.45, 2.75) is 70.8 Å². The number of para-hydroxylation sites is 1. The summed E-state index contributed by atoms with van der Waals surface area (Å²) in [6, 6.07) is 14.5.